The van der Waals surface area contributed by atoms with Crippen LogP contribution in [0.1, 0.15) is 11.7 Å². The van der Waals surface area contributed by atoms with Gasteiger partial charge in [-0.1, -0.05) is 35.9 Å². The first-order valence-electron chi connectivity index (χ1n) is 7.36. The number of guanidine groups is 1. The highest BCUT2D eigenvalue weighted by atomic mass is 35.5. The van der Waals surface area contributed by atoms with E-state index in [1.54, 1.807) is 12.1 Å². The van der Waals surface area contributed by atoms with Gasteiger partial charge in [0.05, 0.1) is 30.6 Å². The van der Waals surface area contributed by atoms with E-state index in [-0.39, 0.29) is 0 Å². The summed E-state index contributed by atoms with van der Waals surface area (Å²) >= 11 is 5.91. The van der Waals surface area contributed by atoms with E-state index >= 15 is 0 Å². The molecule has 0 aliphatic carbocycles. The van der Waals surface area contributed by atoms with Crippen LogP contribution in [0.4, 0.5) is 11.4 Å². The lowest BCUT2D eigenvalue weighted by Gasteiger charge is -2.23. The van der Waals surface area contributed by atoms with Crippen LogP contribution in [-0.2, 0) is 0 Å². The summed E-state index contributed by atoms with van der Waals surface area (Å²) in [6.07, 6.45) is -0.589. The van der Waals surface area contributed by atoms with Gasteiger partial charge < -0.3 is 14.9 Å². The molecule has 2 aliphatic rings. The second-order valence-electron chi connectivity index (χ2n) is 5.50. The molecule has 2 heterocycles. The van der Waals surface area contributed by atoms with Crippen molar-refractivity contribution in [3.05, 3.63) is 59.1 Å². The molecule has 1 N–H and O–H groups in total. The summed E-state index contributed by atoms with van der Waals surface area (Å²) in [4.78, 5) is 8.90. The van der Waals surface area contributed by atoms with E-state index in [1.165, 1.54) is 5.69 Å². The molecule has 0 spiro atoms. The molecule has 2 aromatic carbocycles. The van der Waals surface area contributed by atoms with E-state index in [0.29, 0.717) is 11.6 Å². The van der Waals surface area contributed by atoms with Gasteiger partial charge in [-0.2, -0.15) is 0 Å². The molecule has 0 amide bonds. The number of para-hydroxylation sites is 2. The molecule has 5 heteroatoms. The monoisotopic (exact) mass is 313 g/mol. The number of aliphatic imine (C=N–C) groups is 1. The molecule has 0 bridgehead atoms. The van der Waals surface area contributed by atoms with E-state index in [4.69, 9.17) is 11.6 Å². The van der Waals surface area contributed by atoms with Crippen LogP contribution in [0.5, 0.6) is 0 Å². The number of nitrogens with zero attached hydrogens (tertiary/aromatic N) is 3. The summed E-state index contributed by atoms with van der Waals surface area (Å²) in [5.41, 5.74) is 3.13. The lowest BCUT2D eigenvalue weighted by Crippen LogP contribution is -2.37. The molecule has 2 aliphatic heterocycles. The van der Waals surface area contributed by atoms with Gasteiger partial charge in [-0.05, 0) is 29.8 Å². The van der Waals surface area contributed by atoms with E-state index in [0.717, 1.165) is 30.3 Å². The summed E-state index contributed by atoms with van der Waals surface area (Å²) < 4.78 is 0. The van der Waals surface area contributed by atoms with Crippen LogP contribution in [0.3, 0.4) is 0 Å². The molecule has 2 aromatic rings. The number of rotatable bonds is 3. The van der Waals surface area contributed by atoms with Gasteiger partial charge in [0.2, 0.25) is 5.96 Å². The van der Waals surface area contributed by atoms with E-state index in [9.17, 15) is 5.11 Å². The average molecular weight is 314 g/mol. The molecule has 4 rings (SSSR count). The fourth-order valence-corrected chi connectivity index (χ4v) is 3.19. The summed E-state index contributed by atoms with van der Waals surface area (Å²) in [7, 11) is 0. The molecule has 1 unspecified atom stereocenters. The van der Waals surface area contributed by atoms with E-state index in [2.05, 4.69) is 26.9 Å². The van der Waals surface area contributed by atoms with Crippen molar-refractivity contribution in [3.63, 3.8) is 0 Å². The van der Waals surface area contributed by atoms with Crippen LogP contribution in [0, 0.1) is 0 Å². The van der Waals surface area contributed by atoms with Gasteiger partial charge in [0.1, 0.15) is 0 Å². The lowest BCUT2D eigenvalue weighted by molar-refractivity contribution is 0.187. The van der Waals surface area contributed by atoms with Crippen LogP contribution in [0.15, 0.2) is 53.5 Å². The zero-order valence-electron chi connectivity index (χ0n) is 12.0. The number of benzene rings is 2. The summed E-state index contributed by atoms with van der Waals surface area (Å²) in [5, 5.41) is 11.2. The quantitative estimate of drug-likeness (QED) is 0.946. The first-order valence-corrected chi connectivity index (χ1v) is 7.74. The third-order valence-corrected chi connectivity index (χ3v) is 4.39. The molecular formula is C17H16ClN3O. The fraction of sp³-hybridized carbons (Fsp3) is 0.235. The minimum absolute atomic E-state index is 0.480. The average Bonchev–Trinajstić information content (AvgIpc) is 3.11. The fourth-order valence-electron chi connectivity index (χ4n) is 3.07. The molecule has 0 fully saturated rings. The standard InChI is InChI=1S/C17H16ClN3O/c18-13-7-5-12(6-8-13)16(22)11-21-15-4-2-1-3-14(15)20-10-9-19-17(20)21/h1-8,16,22H,9-11H2. The number of aliphatic hydroxyl groups is 1. The largest absolute Gasteiger partial charge is 0.387 e. The van der Waals surface area contributed by atoms with Gasteiger partial charge in [0.25, 0.3) is 0 Å². The topological polar surface area (TPSA) is 39.1 Å². The minimum Gasteiger partial charge on any atom is -0.387 e. The summed E-state index contributed by atoms with van der Waals surface area (Å²) in [5.74, 6) is 0.939. The van der Waals surface area contributed by atoms with Crippen molar-refractivity contribution in [1.29, 1.82) is 0 Å². The third-order valence-electron chi connectivity index (χ3n) is 4.13. The zero-order valence-corrected chi connectivity index (χ0v) is 12.7. The predicted octanol–water partition coefficient (Wildman–Crippen LogP) is 3.07. The SMILES string of the molecule is OC(CN1C2=NCCN2c2ccccc21)c1ccc(Cl)cc1. The molecule has 0 saturated carbocycles. The Morgan fingerprint density at radius 2 is 1.82 bits per heavy atom. The van der Waals surface area contributed by atoms with Gasteiger partial charge in [-0.15, -0.1) is 0 Å². The van der Waals surface area contributed by atoms with Crippen molar-refractivity contribution in [3.8, 4) is 0 Å². The van der Waals surface area contributed by atoms with Crippen molar-refractivity contribution in [2.75, 3.05) is 29.4 Å². The Kier molecular flexibility index (Phi) is 3.28. The number of hydrogen-bond donors (Lipinski definition) is 1. The Morgan fingerprint density at radius 3 is 2.59 bits per heavy atom. The van der Waals surface area contributed by atoms with Gasteiger partial charge in [-0.25, -0.2) is 0 Å². The van der Waals surface area contributed by atoms with Crippen molar-refractivity contribution >= 4 is 28.9 Å². The highest BCUT2D eigenvalue weighted by Gasteiger charge is 2.35. The minimum atomic E-state index is -0.589. The van der Waals surface area contributed by atoms with Crippen LogP contribution < -0.4 is 9.80 Å². The van der Waals surface area contributed by atoms with Gasteiger partial charge in [0, 0.05) is 11.6 Å². The maximum Gasteiger partial charge on any atom is 0.206 e. The first-order chi connectivity index (χ1) is 10.7. The molecule has 22 heavy (non-hydrogen) atoms. The number of aliphatic hydroxyl groups excluding tert-OH is 1. The molecule has 1 atom stereocenters. The highest BCUT2D eigenvalue weighted by molar-refractivity contribution is 6.30. The number of fused-ring (bicyclic) bond motifs is 3. The smallest absolute Gasteiger partial charge is 0.206 e. The maximum absolute atomic E-state index is 10.6. The summed E-state index contributed by atoms with van der Waals surface area (Å²) in [6.45, 7) is 2.19. The number of anilines is 2. The summed E-state index contributed by atoms with van der Waals surface area (Å²) in [6, 6.07) is 15.6. The Bertz CT molecular complexity index is 729. The zero-order chi connectivity index (χ0) is 15.1. The van der Waals surface area contributed by atoms with Crippen molar-refractivity contribution in [2.45, 2.75) is 6.10 Å². The molecule has 0 saturated heterocycles. The number of hydrogen-bond acceptors (Lipinski definition) is 4. The second kappa shape index (κ2) is 5.30. The van der Waals surface area contributed by atoms with Crippen LogP contribution >= 0.6 is 11.6 Å². The van der Waals surface area contributed by atoms with Crippen LogP contribution in [-0.4, -0.2) is 30.7 Å². The molecule has 0 radical (unpaired) electrons. The lowest BCUT2D eigenvalue weighted by atomic mass is 10.1. The Balaban J connectivity index is 1.63. The van der Waals surface area contributed by atoms with Crippen molar-refractivity contribution in [1.82, 2.24) is 0 Å². The molecular weight excluding hydrogens is 298 g/mol. The number of β-amino-alcohol motifs (C(OH)–C–C–N with tert-alkyl or cyclic N) is 1. The molecule has 4 nitrogen and oxygen atoms in total. The Morgan fingerprint density at radius 1 is 1.09 bits per heavy atom. The van der Waals surface area contributed by atoms with E-state index < -0.39 is 6.10 Å². The van der Waals surface area contributed by atoms with Gasteiger partial charge in [-0.3, -0.25) is 4.99 Å². The molecule has 112 valence electrons. The van der Waals surface area contributed by atoms with Gasteiger partial charge in [0.15, 0.2) is 0 Å². The Hall–Kier alpha value is -2.04. The number of halogens is 1. The Labute approximate surface area is 134 Å². The maximum atomic E-state index is 10.6. The molecule has 0 aromatic heterocycles. The van der Waals surface area contributed by atoms with Crippen molar-refractivity contribution in [2.24, 2.45) is 4.99 Å². The predicted molar refractivity (Wildman–Crippen MR) is 89.8 cm³/mol. The highest BCUT2D eigenvalue weighted by Crippen LogP contribution is 2.39. The van der Waals surface area contributed by atoms with Gasteiger partial charge >= 0.3 is 0 Å². The first kappa shape index (κ1) is 13.6. The second-order valence-corrected chi connectivity index (χ2v) is 5.94. The van der Waals surface area contributed by atoms with Crippen LogP contribution in [0.25, 0.3) is 0 Å². The van der Waals surface area contributed by atoms with E-state index in [1.807, 2.05) is 24.3 Å². The van der Waals surface area contributed by atoms with Crippen molar-refractivity contribution < 1.29 is 5.11 Å². The normalized spacial score (nSPS) is 17.3. The third kappa shape index (κ3) is 2.16. The van der Waals surface area contributed by atoms with Crippen LogP contribution in [0.2, 0.25) is 5.02 Å².